The van der Waals surface area contributed by atoms with Gasteiger partial charge >= 0.3 is 0 Å². The Morgan fingerprint density at radius 3 is 2.63 bits per heavy atom. The lowest BCUT2D eigenvalue weighted by Crippen LogP contribution is -2.27. The summed E-state index contributed by atoms with van der Waals surface area (Å²) < 4.78 is 2.19. The molecule has 0 aliphatic carbocycles. The molecule has 0 atom stereocenters. The van der Waals surface area contributed by atoms with E-state index in [9.17, 15) is 0 Å². The first-order valence-electron chi connectivity index (χ1n) is 10.2. The standard InChI is InChI=1S/C22H29N5S.ClH.H2O/c1-3-26(4-2)14-15-27-18-11-10-17(24-13-7-12-23)22-20(18)21(25-27)16-8-5-6-9-19(16)28-22;;/h5-6,8-11,24H,3-4,7,12-15,23H2,1-2H3;1H;1H2. The van der Waals surface area contributed by atoms with Crippen LogP contribution in [-0.4, -0.2) is 52.9 Å². The minimum Gasteiger partial charge on any atom is -0.412 e. The Morgan fingerprint density at radius 2 is 1.90 bits per heavy atom. The number of anilines is 1. The van der Waals surface area contributed by atoms with Gasteiger partial charge in [-0.3, -0.25) is 4.68 Å². The second-order valence-electron chi connectivity index (χ2n) is 7.10. The minimum absolute atomic E-state index is 0. The Hall–Kier alpha value is -1.77. The molecule has 0 unspecified atom stereocenters. The zero-order valence-electron chi connectivity index (χ0n) is 17.6. The van der Waals surface area contributed by atoms with E-state index in [0.29, 0.717) is 6.54 Å². The van der Waals surface area contributed by atoms with Gasteiger partial charge in [0.1, 0.15) is 5.69 Å². The molecule has 3 aromatic rings. The molecule has 0 bridgehead atoms. The highest BCUT2D eigenvalue weighted by Gasteiger charge is 2.25. The summed E-state index contributed by atoms with van der Waals surface area (Å²) in [6, 6.07) is 13.0. The van der Waals surface area contributed by atoms with Gasteiger partial charge in [-0.05, 0) is 44.3 Å². The number of fused-ring (bicyclic) bond motifs is 2. The number of hydrogen-bond donors (Lipinski definition) is 2. The highest BCUT2D eigenvalue weighted by Crippen LogP contribution is 2.50. The van der Waals surface area contributed by atoms with Gasteiger partial charge in [-0.1, -0.05) is 43.8 Å². The van der Waals surface area contributed by atoms with Crippen molar-refractivity contribution in [2.24, 2.45) is 5.73 Å². The third-order valence-electron chi connectivity index (χ3n) is 5.44. The monoisotopic (exact) mass is 449 g/mol. The summed E-state index contributed by atoms with van der Waals surface area (Å²) in [6.07, 6.45) is 0.967. The SMILES string of the molecule is CCN(CC)CCn1nc2c3c(c(NCCCN)ccc31)Sc1ccccc1-2.Cl.O. The average Bonchev–Trinajstić information content (AvgIpc) is 3.10. The molecule has 0 amide bonds. The molecule has 6 nitrogen and oxygen atoms in total. The number of nitrogens with zero attached hydrogens (tertiary/aromatic N) is 3. The number of likely N-dealkylation sites (N-methyl/N-ethyl adjacent to an activating group) is 1. The largest absolute Gasteiger partial charge is 0.412 e. The second kappa shape index (κ2) is 11.0. The van der Waals surface area contributed by atoms with Gasteiger partial charge in [0.05, 0.1) is 12.1 Å². The number of nitrogens with one attached hydrogen (secondary N) is 1. The molecule has 0 saturated carbocycles. The number of nitrogens with two attached hydrogens (primary N) is 1. The van der Waals surface area contributed by atoms with E-state index in [1.54, 1.807) is 0 Å². The van der Waals surface area contributed by atoms with Crippen LogP contribution in [0.25, 0.3) is 22.2 Å². The molecule has 5 N–H and O–H groups in total. The van der Waals surface area contributed by atoms with Crippen molar-refractivity contribution < 1.29 is 5.48 Å². The molecule has 0 radical (unpaired) electrons. The lowest BCUT2D eigenvalue weighted by atomic mass is 10.1. The van der Waals surface area contributed by atoms with E-state index in [1.807, 2.05) is 11.8 Å². The Labute approximate surface area is 188 Å². The number of hydrogen-bond acceptors (Lipinski definition) is 5. The fourth-order valence-electron chi connectivity index (χ4n) is 3.81. The van der Waals surface area contributed by atoms with E-state index in [-0.39, 0.29) is 17.9 Å². The van der Waals surface area contributed by atoms with Crippen LogP contribution >= 0.6 is 24.2 Å². The predicted molar refractivity (Wildman–Crippen MR) is 130 cm³/mol. The fourth-order valence-corrected chi connectivity index (χ4v) is 5.00. The van der Waals surface area contributed by atoms with Crippen LogP contribution in [0.2, 0.25) is 0 Å². The third kappa shape index (κ3) is 4.60. The zero-order chi connectivity index (χ0) is 19.5. The van der Waals surface area contributed by atoms with Gasteiger partial charge in [-0.25, -0.2) is 0 Å². The quantitative estimate of drug-likeness (QED) is 0.378. The van der Waals surface area contributed by atoms with E-state index in [1.165, 1.54) is 31.9 Å². The normalized spacial score (nSPS) is 11.7. The number of rotatable bonds is 9. The average molecular weight is 450 g/mol. The Kier molecular flexibility index (Phi) is 9.00. The van der Waals surface area contributed by atoms with Crippen LogP contribution in [0.3, 0.4) is 0 Å². The molecule has 30 heavy (non-hydrogen) atoms. The summed E-state index contributed by atoms with van der Waals surface area (Å²) in [7, 11) is 0. The highest BCUT2D eigenvalue weighted by atomic mass is 35.5. The number of halogens is 1. The summed E-state index contributed by atoms with van der Waals surface area (Å²) in [5.74, 6) is 0. The summed E-state index contributed by atoms with van der Waals surface area (Å²) in [4.78, 5) is 5.01. The third-order valence-corrected chi connectivity index (χ3v) is 6.65. The molecule has 0 saturated heterocycles. The first kappa shape index (κ1) is 24.5. The molecule has 1 aliphatic heterocycles. The van der Waals surface area contributed by atoms with Crippen LogP contribution in [-0.2, 0) is 6.54 Å². The highest BCUT2D eigenvalue weighted by molar-refractivity contribution is 8.00. The lowest BCUT2D eigenvalue weighted by molar-refractivity contribution is 0.287. The topological polar surface area (TPSA) is 90.6 Å². The maximum absolute atomic E-state index is 5.67. The van der Waals surface area contributed by atoms with Crippen molar-refractivity contribution in [3.8, 4) is 11.3 Å². The molecule has 1 aromatic heterocycles. The van der Waals surface area contributed by atoms with Gasteiger partial charge in [0.15, 0.2) is 0 Å². The number of benzene rings is 2. The van der Waals surface area contributed by atoms with E-state index >= 15 is 0 Å². The molecule has 0 spiro atoms. The van der Waals surface area contributed by atoms with E-state index in [2.05, 4.69) is 65.1 Å². The van der Waals surface area contributed by atoms with Crippen LogP contribution < -0.4 is 11.1 Å². The molecule has 0 fully saturated rings. The van der Waals surface area contributed by atoms with Crippen molar-refractivity contribution in [2.45, 2.75) is 36.6 Å². The van der Waals surface area contributed by atoms with E-state index in [4.69, 9.17) is 10.8 Å². The van der Waals surface area contributed by atoms with Crippen LogP contribution in [0.1, 0.15) is 20.3 Å². The Morgan fingerprint density at radius 1 is 1.13 bits per heavy atom. The van der Waals surface area contributed by atoms with Crippen molar-refractivity contribution in [2.75, 3.05) is 38.0 Å². The van der Waals surface area contributed by atoms with Crippen molar-refractivity contribution in [1.82, 2.24) is 14.7 Å². The Bertz CT molecular complexity index is 974. The van der Waals surface area contributed by atoms with E-state index < -0.39 is 0 Å². The molecule has 1 aliphatic rings. The van der Waals surface area contributed by atoms with Crippen molar-refractivity contribution in [1.29, 1.82) is 0 Å². The number of aromatic nitrogens is 2. The van der Waals surface area contributed by atoms with E-state index in [0.717, 1.165) is 44.8 Å². The Balaban J connectivity index is 0.00000160. The first-order valence-corrected chi connectivity index (χ1v) is 11.1. The molecular formula is C22H32ClN5OS. The van der Waals surface area contributed by atoms with Crippen LogP contribution in [0.5, 0.6) is 0 Å². The van der Waals surface area contributed by atoms with Crippen molar-refractivity contribution >= 4 is 40.8 Å². The molecule has 2 heterocycles. The zero-order valence-corrected chi connectivity index (χ0v) is 19.3. The molecule has 4 rings (SSSR count). The summed E-state index contributed by atoms with van der Waals surface area (Å²) in [5, 5.41) is 9.93. The fraction of sp³-hybridized carbons (Fsp3) is 0.409. The van der Waals surface area contributed by atoms with Gasteiger partial charge in [-0.2, -0.15) is 5.10 Å². The lowest BCUT2D eigenvalue weighted by Gasteiger charge is -2.19. The maximum atomic E-state index is 5.67. The van der Waals surface area contributed by atoms with Gasteiger partial charge < -0.3 is 21.4 Å². The van der Waals surface area contributed by atoms with Gasteiger partial charge in [0.25, 0.3) is 0 Å². The predicted octanol–water partition coefficient (Wildman–Crippen LogP) is 3.87. The molecule has 8 heteroatoms. The summed E-state index contributed by atoms with van der Waals surface area (Å²) in [6.45, 7) is 10.1. The maximum Gasteiger partial charge on any atom is 0.103 e. The van der Waals surface area contributed by atoms with Gasteiger partial charge in [-0.15, -0.1) is 12.4 Å². The van der Waals surface area contributed by atoms with Crippen molar-refractivity contribution in [3.63, 3.8) is 0 Å². The minimum atomic E-state index is 0. The van der Waals surface area contributed by atoms with Gasteiger partial charge in [0.2, 0.25) is 0 Å². The summed E-state index contributed by atoms with van der Waals surface area (Å²) in [5.41, 5.74) is 10.4. The van der Waals surface area contributed by atoms with Crippen LogP contribution in [0.4, 0.5) is 5.69 Å². The smallest absolute Gasteiger partial charge is 0.103 e. The molecule has 164 valence electrons. The van der Waals surface area contributed by atoms with Gasteiger partial charge in [0, 0.05) is 39.5 Å². The molecular weight excluding hydrogens is 418 g/mol. The van der Waals surface area contributed by atoms with Crippen LogP contribution in [0.15, 0.2) is 46.2 Å². The van der Waals surface area contributed by atoms with Crippen molar-refractivity contribution in [3.05, 3.63) is 36.4 Å². The summed E-state index contributed by atoms with van der Waals surface area (Å²) >= 11 is 1.85. The van der Waals surface area contributed by atoms with Crippen LogP contribution in [0, 0.1) is 0 Å². The first-order chi connectivity index (χ1) is 13.8. The molecule has 2 aromatic carbocycles. The second-order valence-corrected chi connectivity index (χ2v) is 8.15.